The van der Waals surface area contributed by atoms with Crippen LogP contribution in [-0.2, 0) is 6.42 Å². The number of carbonyl (C=O) groups is 1. The van der Waals surface area contributed by atoms with E-state index < -0.39 is 5.24 Å². The van der Waals surface area contributed by atoms with Gasteiger partial charge in [0.15, 0.2) is 0 Å². The molecule has 0 bridgehead atoms. The van der Waals surface area contributed by atoms with E-state index in [1.807, 2.05) is 6.92 Å². The van der Waals surface area contributed by atoms with Crippen molar-refractivity contribution >= 4 is 16.8 Å². The maximum Gasteiger partial charge on any atom is 0.255 e. The summed E-state index contributed by atoms with van der Waals surface area (Å²) >= 11 is 5.18. The standard InChI is InChI=1S/C7H7ClN2O/c1-2-6-9-3-5(4-10-6)7(8)11/h3-4H,2H2,1H3. The summed E-state index contributed by atoms with van der Waals surface area (Å²) in [6.45, 7) is 1.94. The number of hydrogen-bond donors (Lipinski definition) is 0. The van der Waals surface area contributed by atoms with Gasteiger partial charge in [-0.3, -0.25) is 4.79 Å². The van der Waals surface area contributed by atoms with Gasteiger partial charge in [-0.25, -0.2) is 9.97 Å². The summed E-state index contributed by atoms with van der Waals surface area (Å²) in [5.41, 5.74) is 0.337. The van der Waals surface area contributed by atoms with Crippen molar-refractivity contribution < 1.29 is 4.79 Å². The van der Waals surface area contributed by atoms with Crippen molar-refractivity contribution in [2.45, 2.75) is 13.3 Å². The van der Waals surface area contributed by atoms with Crippen molar-refractivity contribution in [1.29, 1.82) is 0 Å². The molecule has 0 saturated carbocycles. The number of carbonyl (C=O) groups excluding carboxylic acids is 1. The second kappa shape index (κ2) is 3.44. The van der Waals surface area contributed by atoms with E-state index in [-0.39, 0.29) is 0 Å². The zero-order valence-electron chi connectivity index (χ0n) is 6.04. The fourth-order valence-corrected chi connectivity index (χ4v) is 0.736. The highest BCUT2D eigenvalue weighted by Crippen LogP contribution is 2.00. The van der Waals surface area contributed by atoms with Crippen LogP contribution in [0.4, 0.5) is 0 Å². The molecule has 0 fully saturated rings. The number of halogens is 1. The van der Waals surface area contributed by atoms with Gasteiger partial charge in [-0.05, 0) is 11.6 Å². The molecule has 11 heavy (non-hydrogen) atoms. The molecule has 0 N–H and O–H groups in total. The average molecular weight is 171 g/mol. The van der Waals surface area contributed by atoms with E-state index in [2.05, 4.69) is 9.97 Å². The normalized spacial score (nSPS) is 9.64. The van der Waals surface area contributed by atoms with E-state index >= 15 is 0 Å². The Bertz CT molecular complexity index is 258. The first-order chi connectivity index (χ1) is 5.24. The Morgan fingerprint density at radius 1 is 1.55 bits per heavy atom. The van der Waals surface area contributed by atoms with Gasteiger partial charge in [-0.15, -0.1) is 0 Å². The van der Waals surface area contributed by atoms with Gasteiger partial charge in [0.05, 0.1) is 5.56 Å². The molecule has 1 heterocycles. The first-order valence-electron chi connectivity index (χ1n) is 3.24. The lowest BCUT2D eigenvalue weighted by molar-refractivity contribution is 0.108. The third kappa shape index (κ3) is 1.98. The first-order valence-corrected chi connectivity index (χ1v) is 3.62. The topological polar surface area (TPSA) is 42.9 Å². The Balaban J connectivity index is 2.91. The van der Waals surface area contributed by atoms with Crippen LogP contribution in [0.5, 0.6) is 0 Å². The van der Waals surface area contributed by atoms with Crippen LogP contribution >= 0.6 is 11.6 Å². The zero-order chi connectivity index (χ0) is 8.27. The second-order valence-electron chi connectivity index (χ2n) is 2.02. The van der Waals surface area contributed by atoms with Crippen molar-refractivity contribution in [3.63, 3.8) is 0 Å². The highest BCUT2D eigenvalue weighted by molar-refractivity contribution is 6.67. The van der Waals surface area contributed by atoms with Gasteiger partial charge < -0.3 is 0 Å². The monoisotopic (exact) mass is 170 g/mol. The fraction of sp³-hybridized carbons (Fsp3) is 0.286. The van der Waals surface area contributed by atoms with E-state index in [0.29, 0.717) is 11.4 Å². The Morgan fingerprint density at radius 3 is 2.45 bits per heavy atom. The molecular weight excluding hydrogens is 164 g/mol. The molecule has 4 heteroatoms. The van der Waals surface area contributed by atoms with Crippen molar-refractivity contribution in [2.75, 3.05) is 0 Å². The van der Waals surface area contributed by atoms with Gasteiger partial charge >= 0.3 is 0 Å². The maximum atomic E-state index is 10.5. The Morgan fingerprint density at radius 2 is 2.09 bits per heavy atom. The summed E-state index contributed by atoms with van der Waals surface area (Å²) in [6, 6.07) is 0. The van der Waals surface area contributed by atoms with Crippen LogP contribution in [0.2, 0.25) is 0 Å². The quantitative estimate of drug-likeness (QED) is 0.631. The number of hydrogen-bond acceptors (Lipinski definition) is 3. The van der Waals surface area contributed by atoms with Crippen LogP contribution in [0.1, 0.15) is 23.1 Å². The third-order valence-electron chi connectivity index (χ3n) is 1.25. The van der Waals surface area contributed by atoms with E-state index in [1.54, 1.807) is 0 Å². The van der Waals surface area contributed by atoms with Gasteiger partial charge in [0.25, 0.3) is 5.24 Å². The number of nitrogens with zero attached hydrogens (tertiary/aromatic N) is 2. The van der Waals surface area contributed by atoms with Crippen LogP contribution < -0.4 is 0 Å². The summed E-state index contributed by atoms with van der Waals surface area (Å²) in [7, 11) is 0. The Kier molecular flexibility index (Phi) is 2.54. The second-order valence-corrected chi connectivity index (χ2v) is 2.36. The molecule has 58 valence electrons. The molecule has 0 radical (unpaired) electrons. The molecule has 0 amide bonds. The lowest BCUT2D eigenvalue weighted by Gasteiger charge is -1.94. The van der Waals surface area contributed by atoms with E-state index in [9.17, 15) is 4.79 Å². The lowest BCUT2D eigenvalue weighted by Crippen LogP contribution is -1.96. The molecule has 0 aromatic carbocycles. The van der Waals surface area contributed by atoms with E-state index in [0.717, 1.165) is 6.42 Å². The SMILES string of the molecule is CCc1ncc(C(=O)Cl)cn1. The minimum Gasteiger partial charge on any atom is -0.275 e. The maximum absolute atomic E-state index is 10.5. The molecule has 0 unspecified atom stereocenters. The van der Waals surface area contributed by atoms with E-state index in [1.165, 1.54) is 12.4 Å². The number of rotatable bonds is 2. The van der Waals surface area contributed by atoms with Crippen LogP contribution in [-0.4, -0.2) is 15.2 Å². The fourth-order valence-electron chi connectivity index (χ4n) is 0.639. The molecule has 0 aliphatic heterocycles. The molecule has 0 atom stereocenters. The molecule has 1 aromatic heterocycles. The van der Waals surface area contributed by atoms with Gasteiger partial charge in [-0.1, -0.05) is 6.92 Å². The molecule has 1 rings (SSSR count). The minimum absolute atomic E-state index is 0.337. The molecular formula is C7H7ClN2O. The lowest BCUT2D eigenvalue weighted by atomic mass is 10.3. The average Bonchev–Trinajstić information content (AvgIpc) is 2.05. The van der Waals surface area contributed by atoms with Crippen LogP contribution in [0.25, 0.3) is 0 Å². The molecule has 0 aliphatic rings. The largest absolute Gasteiger partial charge is 0.275 e. The first kappa shape index (κ1) is 8.14. The number of aromatic nitrogens is 2. The third-order valence-corrected chi connectivity index (χ3v) is 1.47. The summed E-state index contributed by atoms with van der Waals surface area (Å²) in [5, 5.41) is -0.521. The van der Waals surface area contributed by atoms with Crippen molar-refractivity contribution in [3.8, 4) is 0 Å². The van der Waals surface area contributed by atoms with E-state index in [4.69, 9.17) is 11.6 Å². The molecule has 0 spiro atoms. The summed E-state index contributed by atoms with van der Waals surface area (Å²) in [4.78, 5) is 18.3. The van der Waals surface area contributed by atoms with Gasteiger partial charge in [0.1, 0.15) is 5.82 Å². The summed E-state index contributed by atoms with van der Waals surface area (Å²) < 4.78 is 0. The molecule has 0 saturated heterocycles. The molecule has 1 aromatic rings. The predicted octanol–water partition coefficient (Wildman–Crippen LogP) is 1.42. The highest BCUT2D eigenvalue weighted by atomic mass is 35.5. The highest BCUT2D eigenvalue weighted by Gasteiger charge is 2.01. The van der Waals surface area contributed by atoms with Gasteiger partial charge in [0, 0.05) is 18.8 Å². The predicted molar refractivity (Wildman–Crippen MR) is 41.6 cm³/mol. The molecule has 3 nitrogen and oxygen atoms in total. The number of aryl methyl sites for hydroxylation is 1. The summed E-state index contributed by atoms with van der Waals surface area (Å²) in [6.07, 6.45) is 3.62. The Labute approximate surface area is 69.4 Å². The van der Waals surface area contributed by atoms with Gasteiger partial charge in [0.2, 0.25) is 0 Å². The van der Waals surface area contributed by atoms with Crippen molar-refractivity contribution in [3.05, 3.63) is 23.8 Å². The molecule has 0 aliphatic carbocycles. The zero-order valence-corrected chi connectivity index (χ0v) is 6.80. The minimum atomic E-state index is -0.521. The van der Waals surface area contributed by atoms with Crippen LogP contribution in [0.15, 0.2) is 12.4 Å². The summed E-state index contributed by atoms with van der Waals surface area (Å²) in [5.74, 6) is 0.715. The van der Waals surface area contributed by atoms with Gasteiger partial charge in [-0.2, -0.15) is 0 Å². The smallest absolute Gasteiger partial charge is 0.255 e. The van der Waals surface area contributed by atoms with Crippen LogP contribution in [0.3, 0.4) is 0 Å². The van der Waals surface area contributed by atoms with Crippen LogP contribution in [0, 0.1) is 0 Å². The van der Waals surface area contributed by atoms with Crippen molar-refractivity contribution in [2.24, 2.45) is 0 Å². The van der Waals surface area contributed by atoms with Crippen molar-refractivity contribution in [1.82, 2.24) is 9.97 Å². The Hall–Kier alpha value is -0.960.